The number of unbranched alkanes of at least 4 members (excludes halogenated alkanes) is 2. The largest absolute Gasteiger partial charge is 0.494 e. The van der Waals surface area contributed by atoms with Crippen molar-refractivity contribution in [3.63, 3.8) is 0 Å². The number of fused-ring (bicyclic) bond motifs is 1. The first-order chi connectivity index (χ1) is 29.1. The van der Waals surface area contributed by atoms with Crippen LogP contribution in [0.25, 0.3) is 0 Å². The number of benzene rings is 3. The van der Waals surface area contributed by atoms with E-state index in [-0.39, 0.29) is 36.0 Å². The van der Waals surface area contributed by atoms with E-state index >= 15 is 0 Å². The zero-order valence-corrected chi connectivity index (χ0v) is 38.1. The molecule has 0 spiro atoms. The summed E-state index contributed by atoms with van der Waals surface area (Å²) in [5, 5.41) is 10.7. The molecule has 12 heteroatoms. The number of carbonyl (C=O) groups is 5. The average molecular weight is 851 g/mol. The Hall–Kier alpha value is -5.07. The number of ketones is 1. The second-order valence-corrected chi connectivity index (χ2v) is 21.9. The molecule has 11 nitrogen and oxygen atoms in total. The summed E-state index contributed by atoms with van der Waals surface area (Å²) >= 11 is 0. The Kier molecular flexibility index (Phi) is 16.3. The van der Waals surface area contributed by atoms with Gasteiger partial charge in [-0.25, -0.2) is 0 Å². The number of hydrogen-bond acceptors (Lipinski definition) is 7. The summed E-state index contributed by atoms with van der Waals surface area (Å²) < 4.78 is 12.8. The van der Waals surface area contributed by atoms with E-state index in [2.05, 4.69) is 67.9 Å². The van der Waals surface area contributed by atoms with Gasteiger partial charge in [-0.1, -0.05) is 120 Å². The molecule has 0 bridgehead atoms. The molecule has 5 rings (SSSR count). The molecule has 2 aliphatic heterocycles. The molecule has 2 heterocycles. The van der Waals surface area contributed by atoms with Crippen LogP contribution in [-0.4, -0.2) is 85.5 Å². The number of allylic oxidation sites excluding steroid dienone is 1. The molecule has 2 fully saturated rings. The molecule has 2 saturated heterocycles. The van der Waals surface area contributed by atoms with Crippen LogP contribution in [0.3, 0.4) is 0 Å². The number of hydrogen-bond donors (Lipinski definition) is 3. The summed E-state index contributed by atoms with van der Waals surface area (Å²) in [6, 6.07) is 25.2. The van der Waals surface area contributed by atoms with E-state index in [1.54, 1.807) is 37.8 Å². The highest BCUT2D eigenvalue weighted by molar-refractivity contribution is 6.99. The lowest BCUT2D eigenvalue weighted by molar-refractivity contribution is -0.144. The van der Waals surface area contributed by atoms with Crippen LogP contribution in [0.1, 0.15) is 105 Å². The molecule has 61 heavy (non-hydrogen) atoms. The minimum absolute atomic E-state index is 0.160. The Morgan fingerprint density at radius 1 is 0.885 bits per heavy atom. The smallest absolute Gasteiger partial charge is 0.262 e. The van der Waals surface area contributed by atoms with E-state index in [0.29, 0.717) is 38.8 Å². The van der Waals surface area contributed by atoms with Crippen LogP contribution in [0.15, 0.2) is 97.1 Å². The minimum Gasteiger partial charge on any atom is -0.494 e. The molecule has 2 aliphatic rings. The first-order valence-corrected chi connectivity index (χ1v) is 24.0. The van der Waals surface area contributed by atoms with E-state index in [9.17, 15) is 24.0 Å². The maximum Gasteiger partial charge on any atom is 0.262 e. The Labute approximate surface area is 363 Å². The molecule has 0 aliphatic carbocycles. The fourth-order valence-electron chi connectivity index (χ4n) is 8.30. The van der Waals surface area contributed by atoms with Gasteiger partial charge in [0.1, 0.15) is 35.5 Å². The summed E-state index contributed by atoms with van der Waals surface area (Å²) in [4.78, 5) is 71.3. The van der Waals surface area contributed by atoms with Crippen LogP contribution in [0.2, 0.25) is 5.04 Å². The third-order valence-electron chi connectivity index (χ3n) is 12.1. The quantitative estimate of drug-likeness (QED) is 0.0869. The lowest BCUT2D eigenvalue weighted by Crippen LogP contribution is -2.68. The van der Waals surface area contributed by atoms with Crippen molar-refractivity contribution in [3.8, 4) is 5.75 Å². The molecule has 5 atom stereocenters. The SMILES string of the molecule is CCCCOc1ccc(C[C@@H]2NC(=O)[C@](C)(CC)NC(=O)[C@H](CCC/C=C/C(=O)[C@@H](C)O[Si](c3ccccc3)(c3ccccc3)C(C)(C)C)NC(=O)[C@H]3CCCN3C2=O)cc1. The van der Waals surface area contributed by atoms with Gasteiger partial charge in [-0.2, -0.15) is 0 Å². The summed E-state index contributed by atoms with van der Waals surface area (Å²) in [5.74, 6) is -1.12. The molecule has 0 unspecified atom stereocenters. The highest BCUT2D eigenvalue weighted by Crippen LogP contribution is 2.37. The van der Waals surface area contributed by atoms with Crippen LogP contribution >= 0.6 is 0 Å². The van der Waals surface area contributed by atoms with Gasteiger partial charge in [0.15, 0.2) is 5.78 Å². The Bertz CT molecular complexity index is 1950. The van der Waals surface area contributed by atoms with E-state index in [4.69, 9.17) is 9.16 Å². The predicted octanol–water partition coefficient (Wildman–Crippen LogP) is 5.93. The summed E-state index contributed by atoms with van der Waals surface area (Å²) in [6.45, 7) is 14.8. The van der Waals surface area contributed by atoms with Crippen molar-refractivity contribution in [1.29, 1.82) is 0 Å². The summed E-state index contributed by atoms with van der Waals surface area (Å²) in [6.07, 6.45) is 7.31. The van der Waals surface area contributed by atoms with Crippen LogP contribution in [0.4, 0.5) is 0 Å². The highest BCUT2D eigenvalue weighted by Gasteiger charge is 2.51. The number of carbonyl (C=O) groups excluding carboxylic acids is 5. The molecular formula is C49H66N4O7Si. The number of amides is 4. The zero-order valence-electron chi connectivity index (χ0n) is 37.1. The molecule has 0 saturated carbocycles. The van der Waals surface area contributed by atoms with Gasteiger partial charge in [-0.15, -0.1) is 0 Å². The minimum atomic E-state index is -2.95. The van der Waals surface area contributed by atoms with Crippen molar-refractivity contribution in [1.82, 2.24) is 20.9 Å². The van der Waals surface area contributed by atoms with Gasteiger partial charge in [0, 0.05) is 13.0 Å². The Morgan fingerprint density at radius 3 is 2.11 bits per heavy atom. The molecule has 0 aromatic heterocycles. The highest BCUT2D eigenvalue weighted by atomic mass is 28.4. The standard InChI is InChI=1S/C49H66N4O7Si/c1-8-10-33-59-37-30-28-36(29-31-37)34-41-46(57)53-32-20-26-42(53)45(56)50-40(44(55)52-49(7,9-2)47(58)51-41)25-18-13-19-27-43(54)35(3)60-61(48(4,5)6,38-21-14-11-15-22-38)39-23-16-12-17-24-39/h11-12,14-17,19,21-24,27-31,35,40-42H,8-10,13,18,20,25-26,32-34H2,1-7H3,(H,50,56)(H,51,58)(H,52,55)/b27-19+/t35-,40+,41+,42-,49+/m1/s1. The van der Waals surface area contributed by atoms with Gasteiger partial charge in [0.2, 0.25) is 23.6 Å². The van der Waals surface area contributed by atoms with E-state index in [1.165, 1.54) is 0 Å². The van der Waals surface area contributed by atoms with Crippen LogP contribution < -0.4 is 31.1 Å². The molecule has 3 aromatic carbocycles. The Morgan fingerprint density at radius 2 is 1.52 bits per heavy atom. The predicted molar refractivity (Wildman–Crippen MR) is 242 cm³/mol. The third-order valence-corrected chi connectivity index (χ3v) is 17.2. The number of nitrogens with one attached hydrogen (secondary N) is 3. The van der Waals surface area contributed by atoms with Crippen LogP contribution in [-0.2, 0) is 34.8 Å². The molecule has 328 valence electrons. The van der Waals surface area contributed by atoms with Crippen molar-refractivity contribution in [2.75, 3.05) is 13.2 Å². The maximum atomic E-state index is 14.2. The van der Waals surface area contributed by atoms with Crippen molar-refractivity contribution in [3.05, 3.63) is 103 Å². The lowest BCUT2D eigenvalue weighted by Gasteiger charge is -2.44. The number of nitrogens with zero attached hydrogens (tertiary/aromatic N) is 1. The van der Waals surface area contributed by atoms with Gasteiger partial charge < -0.3 is 30.0 Å². The van der Waals surface area contributed by atoms with Gasteiger partial charge >= 0.3 is 0 Å². The molecular weight excluding hydrogens is 785 g/mol. The van der Waals surface area contributed by atoms with Crippen molar-refractivity contribution in [2.45, 2.75) is 141 Å². The van der Waals surface area contributed by atoms with Crippen LogP contribution in [0, 0.1) is 0 Å². The molecule has 3 aromatic rings. The van der Waals surface area contributed by atoms with E-state index in [1.807, 2.05) is 60.7 Å². The van der Waals surface area contributed by atoms with Gasteiger partial charge in [-0.3, -0.25) is 24.0 Å². The fraction of sp³-hybridized carbons (Fsp3) is 0.490. The summed E-state index contributed by atoms with van der Waals surface area (Å²) in [7, 11) is -2.95. The topological polar surface area (TPSA) is 143 Å². The second-order valence-electron chi connectivity index (χ2n) is 17.7. The summed E-state index contributed by atoms with van der Waals surface area (Å²) in [5.41, 5.74) is -0.528. The van der Waals surface area contributed by atoms with Crippen LogP contribution in [0.5, 0.6) is 5.75 Å². The molecule has 0 radical (unpaired) electrons. The maximum absolute atomic E-state index is 14.2. The first-order valence-electron chi connectivity index (χ1n) is 22.1. The molecule has 3 N–H and O–H groups in total. The lowest BCUT2D eigenvalue weighted by atomic mass is 9.94. The van der Waals surface area contributed by atoms with Crippen molar-refractivity contribution >= 4 is 48.1 Å². The third kappa shape index (κ3) is 11.4. The number of rotatable bonds is 17. The van der Waals surface area contributed by atoms with Gasteiger partial charge in [-0.05, 0) is 98.0 Å². The zero-order chi connectivity index (χ0) is 44.2. The van der Waals surface area contributed by atoms with Gasteiger partial charge in [0.25, 0.3) is 8.32 Å². The normalized spacial score (nSPS) is 22.1. The van der Waals surface area contributed by atoms with E-state index in [0.717, 1.165) is 34.5 Å². The van der Waals surface area contributed by atoms with Crippen molar-refractivity contribution < 1.29 is 33.1 Å². The van der Waals surface area contributed by atoms with E-state index < -0.39 is 55.8 Å². The fourth-order valence-corrected chi connectivity index (χ4v) is 13.0. The number of ether oxygens (including phenoxy) is 1. The molecule has 4 amide bonds. The second kappa shape index (κ2) is 21.1. The Balaban J connectivity index is 1.27. The first kappa shape index (κ1) is 47.0. The van der Waals surface area contributed by atoms with Gasteiger partial charge in [0.05, 0.1) is 6.61 Å². The van der Waals surface area contributed by atoms with Crippen molar-refractivity contribution in [2.24, 2.45) is 0 Å². The average Bonchev–Trinajstić information content (AvgIpc) is 3.75. The monoisotopic (exact) mass is 850 g/mol.